The quantitative estimate of drug-likeness (QED) is 0.745. The van der Waals surface area contributed by atoms with E-state index in [2.05, 4.69) is 24.1 Å². The van der Waals surface area contributed by atoms with Gasteiger partial charge in [-0.05, 0) is 19.8 Å². The normalized spacial score (nSPS) is 12.5. The number of hydrogen-bond acceptors (Lipinski definition) is 6. The number of hydrogen-bond donors (Lipinski definition) is 1. The zero-order valence-electron chi connectivity index (χ0n) is 11.9. The van der Waals surface area contributed by atoms with Crippen LogP contribution in [0, 0.1) is 5.92 Å². The van der Waals surface area contributed by atoms with Crippen LogP contribution in [-0.4, -0.2) is 36.8 Å². The van der Waals surface area contributed by atoms with E-state index < -0.39 is 0 Å². The zero-order chi connectivity index (χ0) is 14.3. The standard InChI is InChI=1S/C13H22N2O3S/c1-5-17-7-10(9(3)4)15-12-11(14-8-19-12)13(16)18-6-2/h8-10,15H,5-7H2,1-4H3. The molecule has 1 rings (SSSR count). The second-order valence-electron chi connectivity index (χ2n) is 4.40. The summed E-state index contributed by atoms with van der Waals surface area (Å²) in [5.41, 5.74) is 2.00. The van der Waals surface area contributed by atoms with Crippen LogP contribution >= 0.6 is 11.3 Å². The van der Waals surface area contributed by atoms with Crippen LogP contribution in [0.4, 0.5) is 5.00 Å². The first-order valence-electron chi connectivity index (χ1n) is 6.55. The van der Waals surface area contributed by atoms with Gasteiger partial charge in [-0.15, -0.1) is 11.3 Å². The Morgan fingerprint density at radius 2 is 2.16 bits per heavy atom. The molecule has 0 saturated heterocycles. The number of anilines is 1. The number of carbonyl (C=O) groups excluding carboxylic acids is 1. The minimum atomic E-state index is -0.384. The van der Waals surface area contributed by atoms with Gasteiger partial charge in [0.1, 0.15) is 5.00 Å². The fraction of sp³-hybridized carbons (Fsp3) is 0.692. The minimum Gasteiger partial charge on any atom is -0.461 e. The number of aromatic nitrogens is 1. The van der Waals surface area contributed by atoms with Crippen molar-refractivity contribution in [1.29, 1.82) is 0 Å². The largest absolute Gasteiger partial charge is 0.461 e. The Hall–Kier alpha value is -1.14. The lowest BCUT2D eigenvalue weighted by Crippen LogP contribution is -2.31. The second-order valence-corrected chi connectivity index (χ2v) is 5.26. The second kappa shape index (κ2) is 8.12. The molecule has 0 aromatic carbocycles. The number of carbonyl (C=O) groups is 1. The van der Waals surface area contributed by atoms with Crippen molar-refractivity contribution in [3.8, 4) is 0 Å². The fourth-order valence-electron chi connectivity index (χ4n) is 1.51. The molecule has 5 nitrogen and oxygen atoms in total. The molecule has 1 atom stereocenters. The molecule has 0 spiro atoms. The van der Waals surface area contributed by atoms with Crippen molar-refractivity contribution in [3.63, 3.8) is 0 Å². The lowest BCUT2D eigenvalue weighted by molar-refractivity contribution is 0.0521. The van der Waals surface area contributed by atoms with Crippen LogP contribution in [0.5, 0.6) is 0 Å². The van der Waals surface area contributed by atoms with E-state index in [1.54, 1.807) is 12.4 Å². The minimum absolute atomic E-state index is 0.147. The third kappa shape index (κ3) is 4.80. The molecule has 0 saturated carbocycles. The maximum Gasteiger partial charge on any atom is 0.360 e. The summed E-state index contributed by atoms with van der Waals surface area (Å²) in [4.78, 5) is 15.8. The Balaban J connectivity index is 2.74. The molecule has 0 radical (unpaired) electrons. The van der Waals surface area contributed by atoms with Crippen molar-refractivity contribution in [3.05, 3.63) is 11.2 Å². The monoisotopic (exact) mass is 286 g/mol. The molecule has 108 valence electrons. The van der Waals surface area contributed by atoms with Crippen molar-refractivity contribution in [2.45, 2.75) is 33.7 Å². The number of nitrogens with zero attached hydrogens (tertiary/aromatic N) is 1. The van der Waals surface area contributed by atoms with Gasteiger partial charge in [-0.2, -0.15) is 0 Å². The summed E-state index contributed by atoms with van der Waals surface area (Å²) in [6.45, 7) is 9.61. The third-order valence-corrected chi connectivity index (χ3v) is 3.42. The van der Waals surface area contributed by atoms with Gasteiger partial charge < -0.3 is 14.8 Å². The van der Waals surface area contributed by atoms with Gasteiger partial charge in [0.2, 0.25) is 0 Å². The summed E-state index contributed by atoms with van der Waals surface area (Å²) < 4.78 is 10.4. The van der Waals surface area contributed by atoms with E-state index in [4.69, 9.17) is 9.47 Å². The summed E-state index contributed by atoms with van der Waals surface area (Å²) in [7, 11) is 0. The van der Waals surface area contributed by atoms with Gasteiger partial charge in [0.05, 0.1) is 24.8 Å². The SMILES string of the molecule is CCOCC(Nc1scnc1C(=O)OCC)C(C)C. The van der Waals surface area contributed by atoms with Crippen LogP contribution in [0.2, 0.25) is 0 Å². The van der Waals surface area contributed by atoms with E-state index in [0.29, 0.717) is 31.4 Å². The summed E-state index contributed by atoms with van der Waals surface area (Å²) in [6.07, 6.45) is 0. The molecule has 0 aliphatic heterocycles. The van der Waals surface area contributed by atoms with Crippen molar-refractivity contribution in [2.24, 2.45) is 5.92 Å². The lowest BCUT2D eigenvalue weighted by atomic mass is 10.1. The van der Waals surface area contributed by atoms with Crippen molar-refractivity contribution in [2.75, 3.05) is 25.1 Å². The highest BCUT2D eigenvalue weighted by atomic mass is 32.1. The molecule has 1 N–H and O–H groups in total. The first kappa shape index (κ1) is 15.9. The van der Waals surface area contributed by atoms with Crippen LogP contribution in [-0.2, 0) is 9.47 Å². The molecule has 0 fully saturated rings. The zero-order valence-corrected chi connectivity index (χ0v) is 12.8. The lowest BCUT2D eigenvalue weighted by Gasteiger charge is -2.22. The number of rotatable bonds is 8. The van der Waals surface area contributed by atoms with E-state index in [9.17, 15) is 4.79 Å². The summed E-state index contributed by atoms with van der Waals surface area (Å²) in [5, 5.41) is 4.08. The van der Waals surface area contributed by atoms with E-state index >= 15 is 0 Å². The molecular formula is C13H22N2O3S. The maximum absolute atomic E-state index is 11.7. The topological polar surface area (TPSA) is 60.5 Å². The Morgan fingerprint density at radius 1 is 1.42 bits per heavy atom. The Morgan fingerprint density at radius 3 is 2.74 bits per heavy atom. The highest BCUT2D eigenvalue weighted by Crippen LogP contribution is 2.23. The van der Waals surface area contributed by atoms with Gasteiger partial charge in [0.15, 0.2) is 5.69 Å². The average molecular weight is 286 g/mol. The van der Waals surface area contributed by atoms with Gasteiger partial charge >= 0.3 is 5.97 Å². The maximum atomic E-state index is 11.7. The predicted octanol–water partition coefficient (Wildman–Crippen LogP) is 2.79. The number of thiazole rings is 1. The smallest absolute Gasteiger partial charge is 0.360 e. The highest BCUT2D eigenvalue weighted by Gasteiger charge is 2.20. The van der Waals surface area contributed by atoms with Crippen molar-refractivity contribution in [1.82, 2.24) is 4.98 Å². The molecule has 1 aromatic rings. The highest BCUT2D eigenvalue weighted by molar-refractivity contribution is 7.14. The number of esters is 1. The van der Waals surface area contributed by atoms with E-state index in [1.807, 2.05) is 6.92 Å². The van der Waals surface area contributed by atoms with Gasteiger partial charge in [0, 0.05) is 6.61 Å². The predicted molar refractivity (Wildman–Crippen MR) is 76.8 cm³/mol. The molecular weight excluding hydrogens is 264 g/mol. The van der Waals surface area contributed by atoms with Crippen LogP contribution in [0.3, 0.4) is 0 Å². The Bertz CT molecular complexity index is 393. The summed E-state index contributed by atoms with van der Waals surface area (Å²) in [5.74, 6) is 0.00821. The number of nitrogens with one attached hydrogen (secondary N) is 1. The van der Waals surface area contributed by atoms with Crippen LogP contribution < -0.4 is 5.32 Å². The summed E-state index contributed by atoms with van der Waals surface area (Å²) >= 11 is 1.40. The molecule has 19 heavy (non-hydrogen) atoms. The molecule has 6 heteroatoms. The number of ether oxygens (including phenoxy) is 2. The molecule has 0 bridgehead atoms. The van der Waals surface area contributed by atoms with E-state index in [0.717, 1.165) is 5.00 Å². The van der Waals surface area contributed by atoms with Crippen molar-refractivity contribution >= 4 is 22.3 Å². The van der Waals surface area contributed by atoms with Crippen LogP contribution in [0.25, 0.3) is 0 Å². The molecule has 1 unspecified atom stereocenters. The molecule has 1 heterocycles. The first-order valence-corrected chi connectivity index (χ1v) is 7.42. The Kier molecular flexibility index (Phi) is 6.80. The van der Waals surface area contributed by atoms with Gasteiger partial charge in [-0.1, -0.05) is 13.8 Å². The van der Waals surface area contributed by atoms with Gasteiger partial charge in [0.25, 0.3) is 0 Å². The van der Waals surface area contributed by atoms with E-state index in [-0.39, 0.29) is 12.0 Å². The summed E-state index contributed by atoms with van der Waals surface area (Å²) in [6, 6.07) is 0.147. The molecule has 0 amide bonds. The fourth-order valence-corrected chi connectivity index (χ4v) is 2.24. The van der Waals surface area contributed by atoms with Crippen molar-refractivity contribution < 1.29 is 14.3 Å². The van der Waals surface area contributed by atoms with Crippen LogP contribution in [0.1, 0.15) is 38.2 Å². The molecule has 0 aliphatic rings. The van der Waals surface area contributed by atoms with E-state index in [1.165, 1.54) is 11.3 Å². The first-order chi connectivity index (χ1) is 9.10. The molecule has 1 aromatic heterocycles. The Labute approximate surface area is 118 Å². The van der Waals surface area contributed by atoms with Gasteiger partial charge in [-0.25, -0.2) is 9.78 Å². The average Bonchev–Trinajstić information content (AvgIpc) is 2.82. The van der Waals surface area contributed by atoms with Gasteiger partial charge in [-0.3, -0.25) is 0 Å². The third-order valence-electron chi connectivity index (χ3n) is 2.66. The molecule has 0 aliphatic carbocycles. The van der Waals surface area contributed by atoms with Crippen LogP contribution in [0.15, 0.2) is 5.51 Å².